The van der Waals surface area contributed by atoms with Crippen molar-refractivity contribution in [3.63, 3.8) is 0 Å². The van der Waals surface area contributed by atoms with E-state index in [2.05, 4.69) is 15.9 Å². The predicted molar refractivity (Wildman–Crippen MR) is 71.1 cm³/mol. The Hall–Kier alpha value is -0.630. The molecule has 1 saturated carbocycles. The number of hydrogen-bond acceptors (Lipinski definition) is 4. The highest BCUT2D eigenvalue weighted by Gasteiger charge is 2.43. The Bertz CT molecular complexity index is 317. The van der Waals surface area contributed by atoms with Crippen LogP contribution in [0.4, 0.5) is 0 Å². The number of aliphatic hydroxyl groups is 1. The Morgan fingerprint density at radius 1 is 1.17 bits per heavy atom. The minimum Gasteiger partial charge on any atom is -0.389 e. The highest BCUT2D eigenvalue weighted by atomic mass is 16.3. The first-order valence-electron chi connectivity index (χ1n) is 6.97. The minimum absolute atomic E-state index is 0.327. The number of piperazine rings is 1. The van der Waals surface area contributed by atoms with Crippen LogP contribution in [-0.2, 0) is 0 Å². The van der Waals surface area contributed by atoms with Gasteiger partial charge in [-0.05, 0) is 32.1 Å². The Morgan fingerprint density at radius 3 is 2.17 bits per heavy atom. The van der Waals surface area contributed by atoms with Crippen molar-refractivity contribution in [1.29, 1.82) is 5.26 Å². The van der Waals surface area contributed by atoms with Crippen LogP contribution in [0, 0.1) is 16.7 Å². The van der Waals surface area contributed by atoms with Gasteiger partial charge in [-0.3, -0.25) is 4.90 Å². The first kappa shape index (κ1) is 13.8. The van der Waals surface area contributed by atoms with E-state index in [1.807, 2.05) is 13.8 Å². The topological polar surface area (TPSA) is 50.5 Å². The van der Waals surface area contributed by atoms with Crippen molar-refractivity contribution in [2.75, 3.05) is 39.3 Å². The van der Waals surface area contributed by atoms with Gasteiger partial charge in [0.1, 0.15) is 0 Å². The van der Waals surface area contributed by atoms with E-state index >= 15 is 0 Å². The van der Waals surface area contributed by atoms with Gasteiger partial charge < -0.3 is 10.0 Å². The molecule has 0 bridgehead atoms. The maximum Gasteiger partial charge on any atom is 0.0718 e. The first-order valence-corrected chi connectivity index (χ1v) is 6.97. The van der Waals surface area contributed by atoms with Gasteiger partial charge >= 0.3 is 0 Å². The van der Waals surface area contributed by atoms with Crippen LogP contribution in [0.5, 0.6) is 0 Å². The summed E-state index contributed by atoms with van der Waals surface area (Å²) in [6.07, 6.45) is 3.17. The average molecular weight is 251 g/mol. The van der Waals surface area contributed by atoms with Crippen LogP contribution >= 0.6 is 0 Å². The van der Waals surface area contributed by atoms with E-state index in [9.17, 15) is 5.11 Å². The molecule has 1 aliphatic heterocycles. The zero-order valence-electron chi connectivity index (χ0n) is 11.7. The normalized spacial score (nSPS) is 24.8. The lowest BCUT2D eigenvalue weighted by molar-refractivity contribution is 0.0150. The molecule has 4 heteroatoms. The smallest absolute Gasteiger partial charge is 0.0718 e. The number of hydrogen-bond donors (Lipinski definition) is 1. The van der Waals surface area contributed by atoms with E-state index in [0.29, 0.717) is 5.41 Å². The molecule has 0 atom stereocenters. The van der Waals surface area contributed by atoms with Crippen molar-refractivity contribution in [3.8, 4) is 6.07 Å². The maximum absolute atomic E-state index is 9.81. The minimum atomic E-state index is -0.597. The molecule has 1 N–H and O–H groups in total. The number of nitrogens with zero attached hydrogens (tertiary/aromatic N) is 3. The van der Waals surface area contributed by atoms with Crippen LogP contribution in [0.25, 0.3) is 0 Å². The quantitative estimate of drug-likeness (QED) is 0.794. The summed E-state index contributed by atoms with van der Waals surface area (Å²) in [6, 6.07) is 2.33. The van der Waals surface area contributed by atoms with Gasteiger partial charge in [-0.15, -0.1) is 0 Å². The molecule has 0 radical (unpaired) electrons. The van der Waals surface area contributed by atoms with Gasteiger partial charge in [0.2, 0.25) is 0 Å². The van der Waals surface area contributed by atoms with Crippen LogP contribution in [0.1, 0.15) is 33.1 Å². The lowest BCUT2D eigenvalue weighted by Crippen LogP contribution is -2.51. The third-order valence-corrected chi connectivity index (χ3v) is 4.05. The molecule has 102 valence electrons. The van der Waals surface area contributed by atoms with E-state index in [1.165, 1.54) is 12.8 Å². The van der Waals surface area contributed by atoms with Crippen molar-refractivity contribution in [2.24, 2.45) is 5.41 Å². The molecule has 2 aliphatic rings. The van der Waals surface area contributed by atoms with Gasteiger partial charge in [-0.1, -0.05) is 0 Å². The molecular weight excluding hydrogens is 226 g/mol. The van der Waals surface area contributed by atoms with Gasteiger partial charge in [-0.25, -0.2) is 0 Å². The van der Waals surface area contributed by atoms with Crippen molar-refractivity contribution in [2.45, 2.75) is 38.7 Å². The van der Waals surface area contributed by atoms with Gasteiger partial charge in [0.05, 0.1) is 11.7 Å². The highest BCUT2D eigenvalue weighted by Crippen LogP contribution is 2.49. The van der Waals surface area contributed by atoms with Gasteiger partial charge in [0.25, 0.3) is 0 Å². The fraction of sp³-hybridized carbons (Fsp3) is 0.929. The molecule has 4 nitrogen and oxygen atoms in total. The second-order valence-corrected chi connectivity index (χ2v) is 6.70. The third-order valence-electron chi connectivity index (χ3n) is 4.05. The van der Waals surface area contributed by atoms with Gasteiger partial charge in [0.15, 0.2) is 0 Å². The fourth-order valence-electron chi connectivity index (χ4n) is 2.86. The summed E-state index contributed by atoms with van der Waals surface area (Å²) in [5, 5.41) is 18.6. The van der Waals surface area contributed by atoms with Gasteiger partial charge in [0, 0.05) is 45.7 Å². The molecule has 18 heavy (non-hydrogen) atoms. The summed E-state index contributed by atoms with van der Waals surface area (Å²) in [6.45, 7) is 9.80. The first-order chi connectivity index (χ1) is 8.42. The van der Waals surface area contributed by atoms with Crippen LogP contribution < -0.4 is 0 Å². The molecule has 0 amide bonds. The van der Waals surface area contributed by atoms with E-state index in [-0.39, 0.29) is 0 Å². The molecule has 1 saturated heterocycles. The van der Waals surface area contributed by atoms with E-state index in [1.54, 1.807) is 0 Å². The largest absolute Gasteiger partial charge is 0.389 e. The molecule has 2 fully saturated rings. The molecule has 0 unspecified atom stereocenters. The maximum atomic E-state index is 9.81. The summed E-state index contributed by atoms with van der Waals surface area (Å²) in [5.74, 6) is 0. The number of rotatable bonds is 5. The zero-order valence-corrected chi connectivity index (χ0v) is 11.7. The Labute approximate surface area is 110 Å². The third kappa shape index (κ3) is 3.94. The average Bonchev–Trinajstić information content (AvgIpc) is 3.00. The highest BCUT2D eigenvalue weighted by molar-refractivity contribution is 5.01. The van der Waals surface area contributed by atoms with E-state index < -0.39 is 5.60 Å². The Balaban J connectivity index is 1.73. The van der Waals surface area contributed by atoms with Crippen LogP contribution in [-0.4, -0.2) is 59.8 Å². The van der Waals surface area contributed by atoms with Gasteiger partial charge in [-0.2, -0.15) is 5.26 Å². The number of β-amino-alcohol motifs (C(OH)–C–C–N with tert-alkyl or cyclic N) is 1. The summed E-state index contributed by atoms with van der Waals surface area (Å²) in [4.78, 5) is 4.82. The Morgan fingerprint density at radius 2 is 1.72 bits per heavy atom. The molecule has 2 rings (SSSR count). The molecule has 0 aromatic rings. The molecular formula is C14H25N3O. The molecule has 0 aromatic heterocycles. The summed E-state index contributed by atoms with van der Waals surface area (Å²) < 4.78 is 0. The number of nitriles is 1. The second kappa shape index (κ2) is 5.16. The van der Waals surface area contributed by atoms with E-state index in [0.717, 1.165) is 45.7 Å². The molecule has 1 heterocycles. The molecule has 0 spiro atoms. The SMILES string of the molecule is CC(C)(O)CN1CCN(CC2(CC#N)CC2)CC1. The fourth-order valence-corrected chi connectivity index (χ4v) is 2.86. The summed E-state index contributed by atoms with van der Waals surface area (Å²) in [5.41, 5.74) is -0.270. The van der Waals surface area contributed by atoms with Crippen LogP contribution in [0.15, 0.2) is 0 Å². The lowest BCUT2D eigenvalue weighted by atomic mass is 10.0. The van der Waals surface area contributed by atoms with Crippen LogP contribution in [0.2, 0.25) is 0 Å². The Kier molecular flexibility index (Phi) is 3.96. The van der Waals surface area contributed by atoms with Crippen molar-refractivity contribution >= 4 is 0 Å². The van der Waals surface area contributed by atoms with Crippen molar-refractivity contribution in [3.05, 3.63) is 0 Å². The molecule has 1 aliphatic carbocycles. The van der Waals surface area contributed by atoms with Crippen molar-refractivity contribution in [1.82, 2.24) is 9.80 Å². The van der Waals surface area contributed by atoms with E-state index in [4.69, 9.17) is 5.26 Å². The predicted octanol–water partition coefficient (Wildman–Crippen LogP) is 1.07. The molecule has 0 aromatic carbocycles. The monoisotopic (exact) mass is 251 g/mol. The van der Waals surface area contributed by atoms with Crippen LogP contribution in [0.3, 0.4) is 0 Å². The summed E-state index contributed by atoms with van der Waals surface area (Å²) >= 11 is 0. The summed E-state index contributed by atoms with van der Waals surface area (Å²) in [7, 11) is 0. The van der Waals surface area contributed by atoms with Crippen molar-refractivity contribution < 1.29 is 5.11 Å². The standard InChI is InChI=1S/C14H25N3O/c1-13(2,18)11-16-7-9-17(10-8-16)12-14(3-4-14)5-6-15/h18H,3-5,7-12H2,1-2H3. The zero-order chi connectivity index (χ0) is 13.2. The second-order valence-electron chi connectivity index (χ2n) is 6.70. The lowest BCUT2D eigenvalue weighted by Gasteiger charge is -2.38.